The number of aromatic nitrogens is 3. The largest absolute Gasteiger partial charge is 0.456 e. The molecule has 0 fully saturated rings. The van der Waals surface area contributed by atoms with Crippen LogP contribution in [-0.2, 0) is 0 Å². The van der Waals surface area contributed by atoms with E-state index >= 15 is 0 Å². The lowest BCUT2D eigenvalue weighted by Gasteiger charge is -2.11. The normalized spacial score (nSPS) is 11.9. The number of hydrogen-bond acceptors (Lipinski definition) is 6. The van der Waals surface area contributed by atoms with Gasteiger partial charge in [0.2, 0.25) is 0 Å². The number of hydrogen-bond donors (Lipinski definition) is 0. The average Bonchev–Trinajstić information content (AvgIpc) is 3.97. The van der Waals surface area contributed by atoms with Crippen LogP contribution >= 0.6 is 11.3 Å². The highest BCUT2D eigenvalue weighted by molar-refractivity contribution is 7.25. The third-order valence-electron chi connectivity index (χ3n) is 11.0. The Kier molecular flexibility index (Phi) is 7.03. The molecule has 8 aromatic carbocycles. The van der Waals surface area contributed by atoms with Crippen molar-refractivity contribution >= 4 is 75.4 Å². The summed E-state index contributed by atoms with van der Waals surface area (Å²) in [6, 6.07) is 61.0. The molecule has 0 amide bonds. The molecule has 0 radical (unpaired) electrons. The van der Waals surface area contributed by atoms with E-state index in [-0.39, 0.29) is 0 Å². The van der Waals surface area contributed by atoms with E-state index in [1.165, 1.54) is 20.2 Å². The van der Waals surface area contributed by atoms with Crippen molar-refractivity contribution in [2.45, 2.75) is 0 Å². The fourth-order valence-electron chi connectivity index (χ4n) is 8.20. The highest BCUT2D eigenvalue weighted by Gasteiger charge is 2.19. The van der Waals surface area contributed by atoms with Crippen molar-refractivity contribution in [2.75, 3.05) is 0 Å². The second kappa shape index (κ2) is 12.6. The fourth-order valence-corrected chi connectivity index (χ4v) is 9.29. The standard InChI is InChI=1S/C51H29N3O2S/c1-2-10-31(11-3-1)49-52-50(54-51(53-49)34-22-24-38-37-12-4-7-15-42(37)55-44(38)29-34)32-20-18-30(19-21-32)35-25-26-36(48-47(35)40-14-5-8-16-43(40)56-48)33-23-27-46-41(28-33)39-13-6-9-17-45(39)57-46/h1-29H. The Hall–Kier alpha value is -7.41. The third kappa shape index (κ3) is 5.19. The second-order valence-corrected chi connectivity index (χ2v) is 15.4. The maximum Gasteiger partial charge on any atom is 0.164 e. The van der Waals surface area contributed by atoms with Gasteiger partial charge in [0.25, 0.3) is 0 Å². The molecule has 0 N–H and O–H groups in total. The molecule has 0 saturated heterocycles. The topological polar surface area (TPSA) is 65.0 Å². The van der Waals surface area contributed by atoms with E-state index in [9.17, 15) is 0 Å². The molecule has 4 heterocycles. The van der Waals surface area contributed by atoms with E-state index in [4.69, 9.17) is 23.8 Å². The lowest BCUT2D eigenvalue weighted by molar-refractivity contribution is 0.669. The van der Waals surface area contributed by atoms with Crippen molar-refractivity contribution in [2.24, 2.45) is 0 Å². The van der Waals surface area contributed by atoms with Crippen LogP contribution in [0, 0.1) is 0 Å². The molecule has 5 nitrogen and oxygen atoms in total. The van der Waals surface area contributed by atoms with Gasteiger partial charge in [-0.15, -0.1) is 11.3 Å². The molecule has 0 saturated carbocycles. The van der Waals surface area contributed by atoms with Crippen LogP contribution < -0.4 is 0 Å². The van der Waals surface area contributed by atoms with Crippen molar-refractivity contribution in [1.29, 1.82) is 0 Å². The maximum absolute atomic E-state index is 6.70. The molecule has 0 aliphatic rings. The van der Waals surface area contributed by atoms with E-state index < -0.39 is 0 Å². The summed E-state index contributed by atoms with van der Waals surface area (Å²) < 4.78 is 15.5. The van der Waals surface area contributed by atoms with E-state index in [2.05, 4.69) is 115 Å². The Labute approximate surface area is 330 Å². The number of fused-ring (bicyclic) bond motifs is 9. The lowest BCUT2D eigenvalue weighted by Crippen LogP contribution is -2.00. The summed E-state index contributed by atoms with van der Waals surface area (Å²) in [5.41, 5.74) is 10.5. The summed E-state index contributed by atoms with van der Waals surface area (Å²) in [5.74, 6) is 1.79. The van der Waals surface area contributed by atoms with Gasteiger partial charge < -0.3 is 8.83 Å². The number of benzene rings is 8. The molecule has 0 aliphatic heterocycles. The Morgan fingerprint density at radius 3 is 1.70 bits per heavy atom. The molecular weight excluding hydrogens is 719 g/mol. The quantitative estimate of drug-likeness (QED) is 0.175. The summed E-state index contributed by atoms with van der Waals surface area (Å²) in [4.78, 5) is 15.0. The van der Waals surface area contributed by atoms with Crippen LogP contribution in [0.15, 0.2) is 185 Å². The van der Waals surface area contributed by atoms with Crippen molar-refractivity contribution in [3.05, 3.63) is 176 Å². The number of rotatable bonds is 5. The smallest absolute Gasteiger partial charge is 0.164 e. The minimum Gasteiger partial charge on any atom is -0.456 e. The molecule has 12 aromatic rings. The number of para-hydroxylation sites is 2. The van der Waals surface area contributed by atoms with Gasteiger partial charge in [0.05, 0.1) is 0 Å². The SMILES string of the molecule is c1ccc(-c2nc(-c3ccc(-c4ccc(-c5ccc6sc7ccccc7c6c5)c5oc6ccccc6c45)cc3)nc(-c3ccc4c(c3)oc3ccccc34)n2)cc1. The van der Waals surface area contributed by atoms with Crippen LogP contribution in [0.3, 0.4) is 0 Å². The van der Waals surface area contributed by atoms with Gasteiger partial charge in [0.15, 0.2) is 17.5 Å². The lowest BCUT2D eigenvalue weighted by atomic mass is 9.93. The van der Waals surface area contributed by atoms with E-state index in [0.29, 0.717) is 17.5 Å². The predicted octanol–water partition coefficient (Wildman–Crippen LogP) is 14.4. The molecule has 0 unspecified atom stereocenters. The molecule has 12 rings (SSSR count). The molecule has 4 aromatic heterocycles. The Bertz CT molecular complexity index is 3530. The number of nitrogens with zero attached hydrogens (tertiary/aromatic N) is 3. The molecule has 0 spiro atoms. The van der Waals surface area contributed by atoms with Crippen LogP contribution in [0.1, 0.15) is 0 Å². The minimum absolute atomic E-state index is 0.584. The minimum atomic E-state index is 0.584. The highest BCUT2D eigenvalue weighted by Crippen LogP contribution is 2.44. The van der Waals surface area contributed by atoms with Crippen LogP contribution in [0.4, 0.5) is 0 Å². The van der Waals surface area contributed by atoms with Gasteiger partial charge in [0.1, 0.15) is 22.3 Å². The maximum atomic E-state index is 6.70. The van der Waals surface area contributed by atoms with Crippen LogP contribution in [0.5, 0.6) is 0 Å². The van der Waals surface area contributed by atoms with Gasteiger partial charge in [-0.05, 0) is 65.2 Å². The first kappa shape index (κ1) is 31.9. The summed E-state index contributed by atoms with van der Waals surface area (Å²) in [6.07, 6.45) is 0. The van der Waals surface area contributed by atoms with E-state index in [1.54, 1.807) is 0 Å². The Morgan fingerprint density at radius 1 is 0.333 bits per heavy atom. The summed E-state index contributed by atoms with van der Waals surface area (Å²) in [5, 5.41) is 6.89. The summed E-state index contributed by atoms with van der Waals surface area (Å²) in [7, 11) is 0. The predicted molar refractivity (Wildman–Crippen MR) is 234 cm³/mol. The van der Waals surface area contributed by atoms with Crippen molar-refractivity contribution in [3.63, 3.8) is 0 Å². The fraction of sp³-hybridized carbons (Fsp3) is 0. The van der Waals surface area contributed by atoms with E-state index in [1.807, 2.05) is 72.0 Å². The van der Waals surface area contributed by atoms with Crippen molar-refractivity contribution in [3.8, 4) is 56.4 Å². The van der Waals surface area contributed by atoms with Gasteiger partial charge in [-0.3, -0.25) is 0 Å². The van der Waals surface area contributed by atoms with Gasteiger partial charge in [-0.2, -0.15) is 0 Å². The summed E-state index contributed by atoms with van der Waals surface area (Å²) >= 11 is 1.83. The van der Waals surface area contributed by atoms with Gasteiger partial charge in [-0.25, -0.2) is 15.0 Å². The van der Waals surface area contributed by atoms with Crippen LogP contribution in [0.25, 0.3) is 120 Å². The van der Waals surface area contributed by atoms with Gasteiger partial charge in [0, 0.05) is 64.0 Å². The average molecular weight is 748 g/mol. The molecule has 0 aliphatic carbocycles. The van der Waals surface area contributed by atoms with Gasteiger partial charge >= 0.3 is 0 Å². The van der Waals surface area contributed by atoms with E-state index in [0.717, 1.165) is 82.8 Å². The zero-order chi connectivity index (χ0) is 37.5. The third-order valence-corrected chi connectivity index (χ3v) is 12.1. The van der Waals surface area contributed by atoms with Crippen LogP contribution in [0.2, 0.25) is 0 Å². The zero-order valence-electron chi connectivity index (χ0n) is 30.3. The van der Waals surface area contributed by atoms with Gasteiger partial charge in [-0.1, -0.05) is 127 Å². The molecule has 266 valence electrons. The first-order valence-electron chi connectivity index (χ1n) is 18.9. The first-order valence-corrected chi connectivity index (χ1v) is 19.7. The van der Waals surface area contributed by atoms with Crippen LogP contribution in [-0.4, -0.2) is 15.0 Å². The summed E-state index contributed by atoms with van der Waals surface area (Å²) in [6.45, 7) is 0. The molecule has 6 heteroatoms. The van der Waals surface area contributed by atoms with Crippen molar-refractivity contribution in [1.82, 2.24) is 15.0 Å². The Balaban J connectivity index is 0.976. The molecular formula is C51H29N3O2S. The number of furan rings is 2. The van der Waals surface area contributed by atoms with Crippen molar-refractivity contribution < 1.29 is 8.83 Å². The highest BCUT2D eigenvalue weighted by atomic mass is 32.1. The number of thiophene rings is 1. The molecule has 0 atom stereocenters. The second-order valence-electron chi connectivity index (χ2n) is 14.3. The molecule has 57 heavy (non-hydrogen) atoms. The zero-order valence-corrected chi connectivity index (χ0v) is 31.1. The Morgan fingerprint density at radius 2 is 0.895 bits per heavy atom. The molecule has 0 bridgehead atoms. The monoisotopic (exact) mass is 747 g/mol. The first-order chi connectivity index (χ1) is 28.2.